The van der Waals surface area contributed by atoms with Gasteiger partial charge in [0, 0.05) is 40.3 Å². The number of aliphatic imine (C=N–C) groups is 1. The number of ether oxygens (including phenoxy) is 1. The molecule has 3 heterocycles. The zero-order valence-electron chi connectivity index (χ0n) is 14.5. The first-order chi connectivity index (χ1) is 11.8. The van der Waals surface area contributed by atoms with Gasteiger partial charge in [-0.1, -0.05) is 0 Å². The average Bonchev–Trinajstić information content (AvgIpc) is 3.25. The van der Waals surface area contributed by atoms with Crippen LogP contribution in [0, 0.1) is 0 Å². The molecule has 1 unspecified atom stereocenters. The van der Waals surface area contributed by atoms with Crippen LogP contribution in [-0.2, 0) is 11.8 Å². The molecular weight excluding hydrogens is 435 g/mol. The lowest BCUT2D eigenvalue weighted by Gasteiger charge is -2.15. The highest BCUT2D eigenvalue weighted by Gasteiger charge is 2.15. The summed E-state index contributed by atoms with van der Waals surface area (Å²) in [5, 5.41) is 15.0. The van der Waals surface area contributed by atoms with Gasteiger partial charge in [-0.2, -0.15) is 5.10 Å². The fourth-order valence-electron chi connectivity index (χ4n) is 2.70. The van der Waals surface area contributed by atoms with Crippen molar-refractivity contribution in [2.24, 2.45) is 12.0 Å². The van der Waals surface area contributed by atoms with Crippen LogP contribution in [0.5, 0.6) is 0 Å². The molecule has 0 bridgehead atoms. The summed E-state index contributed by atoms with van der Waals surface area (Å²) in [6, 6.07) is 0. The number of hydrogen-bond donors (Lipinski definition) is 3. The van der Waals surface area contributed by atoms with Crippen LogP contribution in [0.2, 0.25) is 0 Å². The molecule has 0 saturated carbocycles. The highest BCUT2D eigenvalue weighted by molar-refractivity contribution is 14.0. The van der Waals surface area contributed by atoms with Crippen LogP contribution in [0.3, 0.4) is 0 Å². The third-order valence-corrected chi connectivity index (χ3v) is 3.98. The molecule has 1 aliphatic rings. The van der Waals surface area contributed by atoms with E-state index in [4.69, 9.17) is 4.74 Å². The molecule has 0 spiro atoms. The summed E-state index contributed by atoms with van der Waals surface area (Å²) >= 11 is 0. The maximum Gasteiger partial charge on any atom is 0.191 e. The fourth-order valence-corrected chi connectivity index (χ4v) is 2.70. The molecule has 0 radical (unpaired) electrons. The molecule has 1 atom stereocenters. The van der Waals surface area contributed by atoms with Crippen LogP contribution in [0.25, 0.3) is 11.0 Å². The Kier molecular flexibility index (Phi) is 7.62. The predicted octanol–water partition coefficient (Wildman–Crippen LogP) is 0.737. The molecule has 2 aromatic heterocycles. The molecule has 1 fully saturated rings. The molecule has 9 nitrogen and oxygen atoms in total. The van der Waals surface area contributed by atoms with Gasteiger partial charge >= 0.3 is 0 Å². The highest BCUT2D eigenvalue weighted by atomic mass is 127. The number of nitrogens with zero attached hydrogens (tertiary/aromatic N) is 5. The van der Waals surface area contributed by atoms with Gasteiger partial charge in [0.1, 0.15) is 12.1 Å². The Morgan fingerprint density at radius 3 is 3.00 bits per heavy atom. The van der Waals surface area contributed by atoms with Gasteiger partial charge in [0.15, 0.2) is 11.6 Å². The van der Waals surface area contributed by atoms with Crippen LogP contribution in [-0.4, -0.2) is 65.1 Å². The first kappa shape index (κ1) is 19.6. The van der Waals surface area contributed by atoms with Crippen molar-refractivity contribution in [3.63, 3.8) is 0 Å². The van der Waals surface area contributed by atoms with Crippen molar-refractivity contribution in [2.75, 3.05) is 38.6 Å². The van der Waals surface area contributed by atoms with E-state index in [1.807, 2.05) is 7.05 Å². The smallest absolute Gasteiger partial charge is 0.191 e. The predicted molar refractivity (Wildman–Crippen MR) is 109 cm³/mol. The Hall–Kier alpha value is -1.69. The molecule has 25 heavy (non-hydrogen) atoms. The van der Waals surface area contributed by atoms with Crippen LogP contribution in [0.1, 0.15) is 12.8 Å². The fraction of sp³-hybridized carbons (Fsp3) is 0.600. The minimum absolute atomic E-state index is 0. The lowest BCUT2D eigenvalue weighted by atomic mass is 10.2. The Morgan fingerprint density at radius 1 is 1.36 bits per heavy atom. The number of fused-ring (bicyclic) bond motifs is 1. The quantitative estimate of drug-likeness (QED) is 0.253. The van der Waals surface area contributed by atoms with E-state index in [1.165, 1.54) is 0 Å². The number of anilines is 1. The van der Waals surface area contributed by atoms with Crippen molar-refractivity contribution in [1.29, 1.82) is 0 Å². The molecule has 1 saturated heterocycles. The van der Waals surface area contributed by atoms with E-state index >= 15 is 0 Å². The van der Waals surface area contributed by atoms with E-state index in [2.05, 4.69) is 36.0 Å². The lowest BCUT2D eigenvalue weighted by molar-refractivity contribution is 0.114. The second kappa shape index (κ2) is 9.70. The third kappa shape index (κ3) is 5.14. The van der Waals surface area contributed by atoms with E-state index < -0.39 is 0 Å². The van der Waals surface area contributed by atoms with Gasteiger partial charge in [0.2, 0.25) is 0 Å². The van der Waals surface area contributed by atoms with Crippen LogP contribution >= 0.6 is 24.0 Å². The number of aryl methyl sites for hydroxylation is 1. The Balaban J connectivity index is 0.00000225. The topological polar surface area (TPSA) is 101 Å². The van der Waals surface area contributed by atoms with E-state index in [1.54, 1.807) is 24.3 Å². The van der Waals surface area contributed by atoms with Crippen molar-refractivity contribution >= 4 is 46.8 Å². The van der Waals surface area contributed by atoms with E-state index in [9.17, 15) is 0 Å². The second-order valence-corrected chi connectivity index (χ2v) is 5.67. The average molecular weight is 460 g/mol. The summed E-state index contributed by atoms with van der Waals surface area (Å²) in [4.78, 5) is 12.7. The summed E-state index contributed by atoms with van der Waals surface area (Å²) in [7, 11) is 3.63. The SMILES string of the molecule is CN=C(NCCNc1ncnc2c1cnn2C)NCC1CCCO1.I. The van der Waals surface area contributed by atoms with Gasteiger partial charge in [-0.05, 0) is 12.8 Å². The van der Waals surface area contributed by atoms with Gasteiger partial charge in [-0.3, -0.25) is 9.67 Å². The van der Waals surface area contributed by atoms with Crippen LogP contribution < -0.4 is 16.0 Å². The zero-order chi connectivity index (χ0) is 16.8. The zero-order valence-corrected chi connectivity index (χ0v) is 16.9. The maximum atomic E-state index is 5.59. The molecule has 2 aromatic rings. The number of guanidine groups is 1. The molecule has 0 amide bonds. The van der Waals surface area contributed by atoms with Crippen LogP contribution in [0.4, 0.5) is 5.82 Å². The summed E-state index contributed by atoms with van der Waals surface area (Å²) < 4.78 is 7.33. The van der Waals surface area contributed by atoms with Crippen molar-refractivity contribution in [3.8, 4) is 0 Å². The Labute approximate surface area is 164 Å². The van der Waals surface area contributed by atoms with Crippen molar-refractivity contribution in [3.05, 3.63) is 12.5 Å². The molecule has 3 N–H and O–H groups in total. The minimum Gasteiger partial charge on any atom is -0.376 e. The normalized spacial score (nSPS) is 17.4. The number of aromatic nitrogens is 4. The number of rotatable bonds is 6. The van der Waals surface area contributed by atoms with Crippen molar-refractivity contribution < 1.29 is 4.74 Å². The van der Waals surface area contributed by atoms with E-state index in [0.29, 0.717) is 12.6 Å². The summed E-state index contributed by atoms with van der Waals surface area (Å²) in [5.74, 6) is 1.57. The molecule has 1 aliphatic heterocycles. The molecule has 10 heteroatoms. The molecule has 0 aromatic carbocycles. The first-order valence-corrected chi connectivity index (χ1v) is 8.20. The number of nitrogens with one attached hydrogen (secondary N) is 3. The molecule has 3 rings (SSSR count). The Bertz CT molecular complexity index is 698. The van der Waals surface area contributed by atoms with Gasteiger partial charge in [-0.25, -0.2) is 9.97 Å². The first-order valence-electron chi connectivity index (χ1n) is 8.20. The summed E-state index contributed by atoms with van der Waals surface area (Å²) in [6.07, 6.45) is 5.86. The van der Waals surface area contributed by atoms with Gasteiger partial charge < -0.3 is 20.7 Å². The monoisotopic (exact) mass is 460 g/mol. The largest absolute Gasteiger partial charge is 0.376 e. The van der Waals surface area contributed by atoms with E-state index in [-0.39, 0.29) is 24.0 Å². The van der Waals surface area contributed by atoms with E-state index in [0.717, 1.165) is 55.3 Å². The van der Waals surface area contributed by atoms with Gasteiger partial charge in [0.25, 0.3) is 0 Å². The standard InChI is InChI=1S/C15H24N8O.HI/c1-16-15(19-8-11-4-3-7-24-11)18-6-5-17-13-12-9-22-23(2)14(12)21-10-20-13;/h9-11H,3-8H2,1-2H3,(H2,16,18,19)(H,17,20,21);1H. The molecule has 0 aliphatic carbocycles. The maximum absolute atomic E-state index is 5.59. The number of hydrogen-bond acceptors (Lipinski definition) is 6. The van der Waals surface area contributed by atoms with Crippen LogP contribution in [0.15, 0.2) is 17.5 Å². The minimum atomic E-state index is 0. The van der Waals surface area contributed by atoms with Crippen molar-refractivity contribution in [1.82, 2.24) is 30.4 Å². The molecular formula is C15H25IN8O. The molecule has 138 valence electrons. The second-order valence-electron chi connectivity index (χ2n) is 5.67. The summed E-state index contributed by atoms with van der Waals surface area (Å²) in [5.41, 5.74) is 0.814. The number of halogens is 1. The lowest BCUT2D eigenvalue weighted by Crippen LogP contribution is -2.42. The van der Waals surface area contributed by atoms with Gasteiger partial charge in [-0.15, -0.1) is 24.0 Å². The summed E-state index contributed by atoms with van der Waals surface area (Å²) in [6.45, 7) is 3.08. The third-order valence-electron chi connectivity index (χ3n) is 3.98. The highest BCUT2D eigenvalue weighted by Crippen LogP contribution is 2.17. The Morgan fingerprint density at radius 2 is 2.24 bits per heavy atom. The van der Waals surface area contributed by atoms with Crippen molar-refractivity contribution in [2.45, 2.75) is 18.9 Å². The van der Waals surface area contributed by atoms with Gasteiger partial charge in [0.05, 0.1) is 17.7 Å².